The Labute approximate surface area is 114 Å². The zero-order valence-corrected chi connectivity index (χ0v) is 11.6. The highest BCUT2D eigenvalue weighted by Gasteiger charge is 2.21. The van der Waals surface area contributed by atoms with Crippen LogP contribution in [-0.4, -0.2) is 44.5 Å². The monoisotopic (exact) mass is 278 g/mol. The molecule has 0 unspecified atom stereocenters. The third-order valence-corrected chi connectivity index (χ3v) is 4.71. The number of nitrogens with two attached hydrogens (primary N) is 1. The van der Waals surface area contributed by atoms with Crippen LogP contribution >= 0.6 is 0 Å². The zero-order chi connectivity index (χ0) is 13.7. The first-order chi connectivity index (χ1) is 9.09. The minimum atomic E-state index is -2.81. The number of nitrogens with zero attached hydrogens (tertiary/aromatic N) is 1. The highest BCUT2D eigenvalue weighted by atomic mass is 32.2. The van der Waals surface area contributed by atoms with E-state index in [-0.39, 0.29) is 11.5 Å². The summed E-state index contributed by atoms with van der Waals surface area (Å²) in [5.74, 6) is 6.36. The number of hydrogen-bond acceptors (Lipinski definition) is 4. The van der Waals surface area contributed by atoms with Crippen LogP contribution in [0.3, 0.4) is 0 Å². The van der Waals surface area contributed by atoms with Crippen LogP contribution in [0.15, 0.2) is 24.3 Å². The fourth-order valence-corrected chi connectivity index (χ4v) is 3.34. The second-order valence-corrected chi connectivity index (χ2v) is 6.94. The molecule has 1 heterocycles. The summed E-state index contributed by atoms with van der Waals surface area (Å²) >= 11 is 0. The van der Waals surface area contributed by atoms with Gasteiger partial charge in [0.2, 0.25) is 0 Å². The molecule has 0 saturated carbocycles. The number of rotatable bonds is 2. The lowest BCUT2D eigenvalue weighted by Gasteiger charge is -2.26. The maximum Gasteiger partial charge on any atom is 0.152 e. The Morgan fingerprint density at radius 2 is 2.00 bits per heavy atom. The molecular weight excluding hydrogens is 260 g/mol. The molecule has 5 heteroatoms. The molecular formula is C14H18N2O2S. The van der Waals surface area contributed by atoms with E-state index in [1.807, 2.05) is 24.3 Å². The van der Waals surface area contributed by atoms with Gasteiger partial charge in [-0.05, 0) is 17.7 Å². The largest absolute Gasteiger partial charge is 0.320 e. The van der Waals surface area contributed by atoms with Crippen molar-refractivity contribution in [3.8, 4) is 11.8 Å². The summed E-state index contributed by atoms with van der Waals surface area (Å²) in [4.78, 5) is 2.16. The van der Waals surface area contributed by atoms with Gasteiger partial charge in [0, 0.05) is 25.2 Å². The molecule has 0 spiro atoms. The lowest BCUT2D eigenvalue weighted by atomic mass is 10.1. The van der Waals surface area contributed by atoms with E-state index < -0.39 is 9.84 Å². The summed E-state index contributed by atoms with van der Waals surface area (Å²) in [5, 5.41) is 0. The molecule has 19 heavy (non-hydrogen) atoms. The van der Waals surface area contributed by atoms with Crippen LogP contribution in [0.25, 0.3) is 0 Å². The van der Waals surface area contributed by atoms with Crippen molar-refractivity contribution in [3.05, 3.63) is 35.4 Å². The molecule has 2 rings (SSSR count). The molecule has 1 fully saturated rings. The first-order valence-corrected chi connectivity index (χ1v) is 8.12. The van der Waals surface area contributed by atoms with Gasteiger partial charge >= 0.3 is 0 Å². The number of hydrogen-bond donors (Lipinski definition) is 1. The topological polar surface area (TPSA) is 63.4 Å². The zero-order valence-electron chi connectivity index (χ0n) is 10.8. The van der Waals surface area contributed by atoms with Gasteiger partial charge in [0.25, 0.3) is 0 Å². The fraction of sp³-hybridized carbons (Fsp3) is 0.429. The molecule has 102 valence electrons. The Morgan fingerprint density at radius 1 is 1.26 bits per heavy atom. The third kappa shape index (κ3) is 4.35. The lowest BCUT2D eigenvalue weighted by molar-refractivity contribution is 0.287. The van der Waals surface area contributed by atoms with Crippen molar-refractivity contribution in [2.45, 2.75) is 6.54 Å². The second-order valence-electron chi connectivity index (χ2n) is 4.63. The van der Waals surface area contributed by atoms with E-state index in [9.17, 15) is 8.42 Å². The molecule has 1 aliphatic rings. The van der Waals surface area contributed by atoms with Crippen LogP contribution < -0.4 is 5.73 Å². The van der Waals surface area contributed by atoms with E-state index in [4.69, 9.17) is 5.73 Å². The minimum absolute atomic E-state index is 0.264. The van der Waals surface area contributed by atoms with Gasteiger partial charge in [-0.25, -0.2) is 8.42 Å². The van der Waals surface area contributed by atoms with Crippen molar-refractivity contribution in [1.29, 1.82) is 0 Å². The van der Waals surface area contributed by atoms with E-state index in [0.29, 0.717) is 19.6 Å². The molecule has 0 aromatic heterocycles. The van der Waals surface area contributed by atoms with Gasteiger partial charge < -0.3 is 5.73 Å². The maximum atomic E-state index is 11.4. The summed E-state index contributed by atoms with van der Waals surface area (Å²) in [6.07, 6.45) is 0. The van der Waals surface area contributed by atoms with Gasteiger partial charge in [0.1, 0.15) is 0 Å². The highest BCUT2D eigenvalue weighted by molar-refractivity contribution is 7.91. The Bertz CT molecular complexity index is 585. The molecule has 1 aromatic carbocycles. The quantitative estimate of drug-likeness (QED) is 0.787. The summed E-state index contributed by atoms with van der Waals surface area (Å²) in [6.45, 7) is 2.35. The van der Waals surface area contributed by atoms with Gasteiger partial charge in [0.05, 0.1) is 18.1 Å². The van der Waals surface area contributed by atoms with Crippen molar-refractivity contribution >= 4 is 9.84 Å². The van der Waals surface area contributed by atoms with Crippen molar-refractivity contribution in [2.24, 2.45) is 5.73 Å². The summed E-state index contributed by atoms with van der Waals surface area (Å²) < 4.78 is 22.7. The lowest BCUT2D eigenvalue weighted by Crippen LogP contribution is -2.39. The average molecular weight is 278 g/mol. The van der Waals surface area contributed by atoms with Gasteiger partial charge in [-0.15, -0.1) is 0 Å². The SMILES string of the molecule is NCC#Cc1cccc(CN2CCS(=O)(=O)CC2)c1. The molecule has 0 radical (unpaired) electrons. The number of benzene rings is 1. The van der Waals surface area contributed by atoms with E-state index >= 15 is 0 Å². The molecule has 0 atom stereocenters. The smallest absolute Gasteiger partial charge is 0.152 e. The Balaban J connectivity index is 2.00. The van der Waals surface area contributed by atoms with Crippen molar-refractivity contribution in [2.75, 3.05) is 31.1 Å². The van der Waals surface area contributed by atoms with Gasteiger partial charge in [-0.1, -0.05) is 24.0 Å². The first kappa shape index (κ1) is 14.1. The molecule has 4 nitrogen and oxygen atoms in total. The predicted molar refractivity (Wildman–Crippen MR) is 76.3 cm³/mol. The van der Waals surface area contributed by atoms with Gasteiger partial charge in [0.15, 0.2) is 9.84 Å². The van der Waals surface area contributed by atoms with Crippen LogP contribution in [0, 0.1) is 11.8 Å². The van der Waals surface area contributed by atoms with Crippen molar-refractivity contribution in [3.63, 3.8) is 0 Å². The van der Waals surface area contributed by atoms with Crippen molar-refractivity contribution in [1.82, 2.24) is 4.90 Å². The van der Waals surface area contributed by atoms with E-state index in [1.165, 1.54) is 0 Å². The normalized spacial score (nSPS) is 18.6. The van der Waals surface area contributed by atoms with Crippen LogP contribution in [0.2, 0.25) is 0 Å². The van der Waals surface area contributed by atoms with E-state index in [2.05, 4.69) is 16.7 Å². The average Bonchev–Trinajstić information content (AvgIpc) is 2.39. The highest BCUT2D eigenvalue weighted by Crippen LogP contribution is 2.11. The van der Waals surface area contributed by atoms with Crippen molar-refractivity contribution < 1.29 is 8.42 Å². The fourth-order valence-electron chi connectivity index (χ4n) is 2.07. The van der Waals surface area contributed by atoms with Crippen LogP contribution in [-0.2, 0) is 16.4 Å². The third-order valence-electron chi connectivity index (χ3n) is 3.10. The van der Waals surface area contributed by atoms with Crippen LogP contribution in [0.1, 0.15) is 11.1 Å². The maximum absolute atomic E-state index is 11.4. The van der Waals surface area contributed by atoms with Gasteiger partial charge in [-0.2, -0.15) is 0 Å². The predicted octanol–water partition coefficient (Wildman–Crippen LogP) is 0.227. The summed E-state index contributed by atoms with van der Waals surface area (Å²) in [5.41, 5.74) is 7.46. The van der Waals surface area contributed by atoms with Crippen LogP contribution in [0.5, 0.6) is 0 Å². The Morgan fingerprint density at radius 3 is 2.68 bits per heavy atom. The molecule has 2 N–H and O–H groups in total. The molecule has 0 aliphatic carbocycles. The Kier molecular flexibility index (Phi) is 4.59. The van der Waals surface area contributed by atoms with E-state index in [1.54, 1.807) is 0 Å². The summed E-state index contributed by atoms with van der Waals surface area (Å²) in [7, 11) is -2.81. The standard InChI is InChI=1S/C14H18N2O2S/c15-6-2-5-13-3-1-4-14(11-13)12-16-7-9-19(17,18)10-8-16/h1,3-4,11H,6-10,12,15H2. The number of sulfone groups is 1. The molecule has 1 aromatic rings. The van der Waals surface area contributed by atoms with Crippen LogP contribution in [0.4, 0.5) is 0 Å². The summed E-state index contributed by atoms with van der Waals surface area (Å²) in [6, 6.07) is 7.99. The minimum Gasteiger partial charge on any atom is -0.320 e. The molecule has 1 saturated heterocycles. The first-order valence-electron chi connectivity index (χ1n) is 6.30. The molecule has 0 bridgehead atoms. The molecule has 1 aliphatic heterocycles. The Hall–Kier alpha value is -1.35. The second kappa shape index (κ2) is 6.20. The van der Waals surface area contributed by atoms with Gasteiger partial charge in [-0.3, -0.25) is 4.90 Å². The van der Waals surface area contributed by atoms with E-state index in [0.717, 1.165) is 17.7 Å². The molecule has 0 amide bonds.